The zero-order chi connectivity index (χ0) is 24.5. The van der Waals surface area contributed by atoms with E-state index < -0.39 is 5.41 Å². The number of carbonyl (C=O) groups excluding carboxylic acids is 2. The maximum absolute atomic E-state index is 13.1. The summed E-state index contributed by atoms with van der Waals surface area (Å²) in [5.41, 5.74) is 2.15. The van der Waals surface area contributed by atoms with Crippen molar-refractivity contribution >= 4 is 40.7 Å². The Kier molecular flexibility index (Phi) is 7.41. The third kappa shape index (κ3) is 5.35. The standard InChI is InChI=1S/C26H32Cl2N4O2/c1-26(2,3)25(34)31-14-15-32(22-9-8-20(27)16-21(22)28)23(17-31)18-4-6-19(7-5-18)24(33)30-12-10-29-11-13-30/h4-9,16,23,29H,10-15,17H2,1-3H3/t23-/m0/s1. The van der Waals surface area contributed by atoms with Gasteiger partial charge in [-0.2, -0.15) is 0 Å². The first-order valence-corrected chi connectivity index (χ1v) is 12.5. The maximum Gasteiger partial charge on any atom is 0.253 e. The van der Waals surface area contributed by atoms with E-state index in [9.17, 15) is 9.59 Å². The molecule has 2 aromatic carbocycles. The normalized spacial score (nSPS) is 19.3. The number of hydrogen-bond acceptors (Lipinski definition) is 4. The van der Waals surface area contributed by atoms with Crippen LogP contribution in [0.5, 0.6) is 0 Å². The molecule has 0 unspecified atom stereocenters. The van der Waals surface area contributed by atoms with Gasteiger partial charge in [-0.05, 0) is 35.9 Å². The molecule has 0 saturated carbocycles. The van der Waals surface area contributed by atoms with Crippen molar-refractivity contribution in [2.75, 3.05) is 50.7 Å². The highest BCUT2D eigenvalue weighted by atomic mass is 35.5. The van der Waals surface area contributed by atoms with Crippen molar-refractivity contribution in [1.29, 1.82) is 0 Å². The predicted molar refractivity (Wildman–Crippen MR) is 138 cm³/mol. The molecule has 2 aromatic rings. The number of rotatable bonds is 3. The fraction of sp³-hybridized carbons (Fsp3) is 0.462. The van der Waals surface area contributed by atoms with Crippen molar-refractivity contribution in [3.63, 3.8) is 0 Å². The van der Waals surface area contributed by atoms with Crippen molar-refractivity contribution in [1.82, 2.24) is 15.1 Å². The van der Waals surface area contributed by atoms with Crippen LogP contribution in [0.1, 0.15) is 42.7 Å². The Hall–Kier alpha value is -2.28. The predicted octanol–water partition coefficient (Wildman–Crippen LogP) is 4.47. The van der Waals surface area contributed by atoms with Crippen LogP contribution in [0.15, 0.2) is 42.5 Å². The van der Waals surface area contributed by atoms with E-state index in [1.165, 1.54) is 0 Å². The first-order valence-electron chi connectivity index (χ1n) is 11.8. The van der Waals surface area contributed by atoms with Crippen molar-refractivity contribution in [2.24, 2.45) is 5.41 Å². The minimum absolute atomic E-state index is 0.0545. The van der Waals surface area contributed by atoms with Gasteiger partial charge < -0.3 is 20.0 Å². The van der Waals surface area contributed by atoms with E-state index in [0.29, 0.717) is 35.2 Å². The molecular weight excluding hydrogens is 471 g/mol. The summed E-state index contributed by atoms with van der Waals surface area (Å²) >= 11 is 12.7. The monoisotopic (exact) mass is 502 g/mol. The van der Waals surface area contributed by atoms with Gasteiger partial charge in [0.25, 0.3) is 5.91 Å². The Labute approximate surface area is 211 Å². The minimum atomic E-state index is -0.454. The largest absolute Gasteiger partial charge is 0.360 e. The van der Waals surface area contributed by atoms with Crippen molar-refractivity contribution in [3.05, 3.63) is 63.6 Å². The first kappa shape index (κ1) is 24.8. The van der Waals surface area contributed by atoms with Gasteiger partial charge in [-0.3, -0.25) is 9.59 Å². The van der Waals surface area contributed by atoms with Crippen LogP contribution in [0.3, 0.4) is 0 Å². The molecule has 4 rings (SSSR count). The number of nitrogens with zero attached hydrogens (tertiary/aromatic N) is 3. The van der Waals surface area contributed by atoms with Crippen LogP contribution in [0.4, 0.5) is 5.69 Å². The van der Waals surface area contributed by atoms with E-state index >= 15 is 0 Å². The van der Waals surface area contributed by atoms with Gasteiger partial charge in [0.1, 0.15) is 0 Å². The zero-order valence-electron chi connectivity index (χ0n) is 20.0. The molecule has 0 bridgehead atoms. The summed E-state index contributed by atoms with van der Waals surface area (Å²) in [5, 5.41) is 4.44. The highest BCUT2D eigenvalue weighted by Crippen LogP contribution is 2.37. The van der Waals surface area contributed by atoms with Crippen LogP contribution >= 0.6 is 23.2 Å². The van der Waals surface area contributed by atoms with Gasteiger partial charge in [-0.15, -0.1) is 0 Å². The lowest BCUT2D eigenvalue weighted by Crippen LogP contribution is -2.53. The molecule has 0 spiro atoms. The highest BCUT2D eigenvalue weighted by molar-refractivity contribution is 6.36. The number of halogens is 2. The molecule has 1 N–H and O–H groups in total. The molecule has 2 amide bonds. The Morgan fingerprint density at radius 1 is 0.912 bits per heavy atom. The van der Waals surface area contributed by atoms with E-state index in [2.05, 4.69) is 10.2 Å². The summed E-state index contributed by atoms with van der Waals surface area (Å²) in [6, 6.07) is 13.2. The van der Waals surface area contributed by atoms with E-state index in [1.807, 2.05) is 67.0 Å². The van der Waals surface area contributed by atoms with Gasteiger partial charge in [0.2, 0.25) is 5.91 Å². The number of carbonyl (C=O) groups is 2. The summed E-state index contributed by atoms with van der Waals surface area (Å²) in [6.07, 6.45) is 0. The number of benzene rings is 2. The lowest BCUT2D eigenvalue weighted by Gasteiger charge is -2.45. The topological polar surface area (TPSA) is 55.9 Å². The molecule has 1 atom stereocenters. The fourth-order valence-electron chi connectivity index (χ4n) is 4.63. The molecule has 2 saturated heterocycles. The molecule has 0 aliphatic carbocycles. The van der Waals surface area contributed by atoms with Gasteiger partial charge >= 0.3 is 0 Å². The summed E-state index contributed by atoms with van der Waals surface area (Å²) < 4.78 is 0. The fourth-order valence-corrected chi connectivity index (χ4v) is 5.14. The van der Waals surface area contributed by atoms with Gasteiger partial charge in [-0.1, -0.05) is 56.1 Å². The third-order valence-corrected chi connectivity index (χ3v) is 7.01. The first-order chi connectivity index (χ1) is 16.1. The van der Waals surface area contributed by atoms with Crippen LogP contribution in [-0.4, -0.2) is 67.4 Å². The summed E-state index contributed by atoms with van der Waals surface area (Å²) in [6.45, 7) is 10.7. The summed E-state index contributed by atoms with van der Waals surface area (Å²) in [4.78, 5) is 32.0. The molecule has 2 aliphatic heterocycles. The molecule has 2 aliphatic rings. The molecule has 2 heterocycles. The molecule has 34 heavy (non-hydrogen) atoms. The molecule has 6 nitrogen and oxygen atoms in total. The summed E-state index contributed by atoms with van der Waals surface area (Å²) in [7, 11) is 0. The van der Waals surface area contributed by atoms with E-state index in [4.69, 9.17) is 23.2 Å². The molecule has 0 aromatic heterocycles. The Bertz CT molecular complexity index is 1050. The molecule has 8 heteroatoms. The average Bonchev–Trinajstić information content (AvgIpc) is 2.83. The lowest BCUT2D eigenvalue weighted by atomic mass is 9.92. The number of hydrogen-bond donors (Lipinski definition) is 1. The van der Waals surface area contributed by atoms with Crippen LogP contribution in [0, 0.1) is 5.41 Å². The van der Waals surface area contributed by atoms with Crippen LogP contribution < -0.4 is 10.2 Å². The smallest absolute Gasteiger partial charge is 0.253 e. The van der Waals surface area contributed by atoms with Crippen molar-refractivity contribution in [3.8, 4) is 0 Å². The molecular formula is C26H32Cl2N4O2. The van der Waals surface area contributed by atoms with E-state index in [1.54, 1.807) is 6.07 Å². The maximum atomic E-state index is 13.1. The minimum Gasteiger partial charge on any atom is -0.360 e. The molecule has 0 radical (unpaired) electrons. The second kappa shape index (κ2) is 10.1. The zero-order valence-corrected chi connectivity index (χ0v) is 21.5. The Balaban J connectivity index is 1.63. The van der Waals surface area contributed by atoms with Gasteiger partial charge in [0.05, 0.1) is 16.8 Å². The Morgan fingerprint density at radius 3 is 2.21 bits per heavy atom. The highest BCUT2D eigenvalue weighted by Gasteiger charge is 2.35. The van der Waals surface area contributed by atoms with Gasteiger partial charge in [0.15, 0.2) is 0 Å². The van der Waals surface area contributed by atoms with Crippen LogP contribution in [0.2, 0.25) is 10.0 Å². The SMILES string of the molecule is CC(C)(C)C(=O)N1CCN(c2ccc(Cl)cc2Cl)[C@H](c2ccc(C(=O)N3CCNCC3)cc2)C1. The Morgan fingerprint density at radius 2 is 1.59 bits per heavy atom. The number of anilines is 1. The average molecular weight is 503 g/mol. The van der Waals surface area contributed by atoms with E-state index in [-0.39, 0.29) is 17.9 Å². The molecule has 182 valence electrons. The molecule has 2 fully saturated rings. The van der Waals surface area contributed by atoms with Crippen molar-refractivity contribution in [2.45, 2.75) is 26.8 Å². The third-order valence-electron chi connectivity index (χ3n) is 6.47. The second-order valence-corrected chi connectivity index (χ2v) is 10.8. The number of amides is 2. The summed E-state index contributed by atoms with van der Waals surface area (Å²) in [5.74, 6) is 0.184. The van der Waals surface area contributed by atoms with E-state index in [0.717, 1.165) is 37.4 Å². The number of piperazine rings is 2. The van der Waals surface area contributed by atoms with Crippen LogP contribution in [-0.2, 0) is 4.79 Å². The van der Waals surface area contributed by atoms with Gasteiger partial charge in [-0.25, -0.2) is 0 Å². The van der Waals surface area contributed by atoms with Crippen molar-refractivity contribution < 1.29 is 9.59 Å². The second-order valence-electron chi connectivity index (χ2n) is 9.97. The van der Waals surface area contributed by atoms with Crippen LogP contribution in [0.25, 0.3) is 0 Å². The van der Waals surface area contributed by atoms with Gasteiger partial charge in [0, 0.05) is 61.8 Å². The quantitative estimate of drug-likeness (QED) is 0.672. The number of nitrogens with one attached hydrogen (secondary N) is 1. The lowest BCUT2D eigenvalue weighted by molar-refractivity contribution is -0.140.